The van der Waals surface area contributed by atoms with E-state index >= 15 is 0 Å². The fraction of sp³-hybridized carbons (Fsp3) is 0.909. The normalized spacial score (nSPS) is 30.6. The molecule has 0 aromatic carbocycles. The van der Waals surface area contributed by atoms with Crippen molar-refractivity contribution in [3.05, 3.63) is 10.1 Å². The number of ether oxygens (including phenoxy) is 1. The highest BCUT2D eigenvalue weighted by molar-refractivity contribution is 5.67. The van der Waals surface area contributed by atoms with Crippen molar-refractivity contribution < 1.29 is 19.5 Å². The van der Waals surface area contributed by atoms with Crippen molar-refractivity contribution in [3.63, 3.8) is 0 Å². The van der Waals surface area contributed by atoms with Crippen molar-refractivity contribution in [3.8, 4) is 0 Å². The van der Waals surface area contributed by atoms with Crippen LogP contribution in [0.15, 0.2) is 0 Å². The van der Waals surface area contributed by atoms with Crippen LogP contribution in [0.4, 0.5) is 4.79 Å². The molecule has 1 aliphatic heterocycles. The Morgan fingerprint density at radius 1 is 1.26 bits per heavy atom. The summed E-state index contributed by atoms with van der Waals surface area (Å²) in [5.41, 5.74) is 0. The van der Waals surface area contributed by atoms with E-state index in [0.717, 1.165) is 19.4 Å². The van der Waals surface area contributed by atoms with E-state index < -0.39 is 11.2 Å². The van der Waals surface area contributed by atoms with Crippen LogP contribution in [0.1, 0.15) is 38.5 Å². The molecule has 2 aliphatic rings. The number of nitrogens with zero attached hydrogens (tertiary/aromatic N) is 1. The lowest BCUT2D eigenvalue weighted by Gasteiger charge is -2.27. The first-order chi connectivity index (χ1) is 9.13. The van der Waals surface area contributed by atoms with Crippen LogP contribution >= 0.6 is 0 Å². The Hall–Kier alpha value is -1.57. The van der Waals surface area contributed by atoms with E-state index in [9.17, 15) is 14.9 Å². The second-order valence-electron chi connectivity index (χ2n) is 4.94. The van der Waals surface area contributed by atoms with E-state index in [0.29, 0.717) is 25.7 Å². The molecule has 1 atom stereocenters. The van der Waals surface area contributed by atoms with E-state index in [-0.39, 0.29) is 18.4 Å². The molecule has 2 N–H and O–H groups in total. The number of alkyl carbamates (subject to hydrolysis) is 1. The summed E-state index contributed by atoms with van der Waals surface area (Å²) in [5, 5.41) is 15.3. The summed E-state index contributed by atoms with van der Waals surface area (Å²) in [4.78, 5) is 26.3. The van der Waals surface area contributed by atoms with Crippen LogP contribution in [0.2, 0.25) is 0 Å². The van der Waals surface area contributed by atoms with Gasteiger partial charge in [-0.2, -0.15) is 0 Å². The summed E-state index contributed by atoms with van der Waals surface area (Å²) < 4.78 is 5.20. The van der Waals surface area contributed by atoms with Gasteiger partial charge in [-0.05, 0) is 45.1 Å². The predicted molar refractivity (Wildman–Crippen MR) is 64.8 cm³/mol. The van der Waals surface area contributed by atoms with Crippen LogP contribution in [0.3, 0.4) is 0 Å². The van der Waals surface area contributed by atoms with Gasteiger partial charge in [0.05, 0.1) is 0 Å². The van der Waals surface area contributed by atoms with E-state index in [2.05, 4.69) is 15.5 Å². The van der Waals surface area contributed by atoms with Gasteiger partial charge in [0, 0.05) is 6.04 Å². The molecule has 108 valence electrons. The number of hydrogen-bond acceptors (Lipinski definition) is 6. The molecular weight excluding hydrogens is 254 g/mol. The lowest BCUT2D eigenvalue weighted by molar-refractivity contribution is -0.769. The van der Waals surface area contributed by atoms with E-state index in [1.165, 1.54) is 0 Å². The van der Waals surface area contributed by atoms with Gasteiger partial charge in [0.15, 0.2) is 6.23 Å². The third-order valence-corrected chi connectivity index (χ3v) is 3.50. The quantitative estimate of drug-likeness (QED) is 0.583. The molecule has 8 heteroatoms. The van der Waals surface area contributed by atoms with Crippen LogP contribution in [-0.2, 0) is 9.57 Å². The molecule has 2 rings (SSSR count). The molecule has 1 unspecified atom stereocenters. The highest BCUT2D eigenvalue weighted by Crippen LogP contribution is 2.21. The maximum atomic E-state index is 11.6. The number of rotatable bonds is 4. The third kappa shape index (κ3) is 4.55. The Morgan fingerprint density at radius 3 is 2.58 bits per heavy atom. The molecule has 1 saturated carbocycles. The van der Waals surface area contributed by atoms with Crippen molar-refractivity contribution >= 4 is 6.09 Å². The van der Waals surface area contributed by atoms with Gasteiger partial charge in [-0.25, -0.2) is 4.79 Å². The van der Waals surface area contributed by atoms with Crippen LogP contribution in [-0.4, -0.2) is 36.1 Å². The average Bonchev–Trinajstić information content (AvgIpc) is 2.83. The zero-order chi connectivity index (χ0) is 13.7. The van der Waals surface area contributed by atoms with Gasteiger partial charge >= 0.3 is 6.09 Å². The Balaban J connectivity index is 1.64. The van der Waals surface area contributed by atoms with Crippen LogP contribution < -0.4 is 10.6 Å². The van der Waals surface area contributed by atoms with Crippen molar-refractivity contribution in [2.24, 2.45) is 0 Å². The molecule has 1 amide bonds. The molecule has 1 saturated heterocycles. The molecule has 0 aromatic rings. The van der Waals surface area contributed by atoms with Crippen molar-refractivity contribution in [1.29, 1.82) is 0 Å². The summed E-state index contributed by atoms with van der Waals surface area (Å²) in [7, 11) is 0. The minimum absolute atomic E-state index is 0.0144. The molecule has 0 aromatic heterocycles. The highest BCUT2D eigenvalue weighted by Gasteiger charge is 2.26. The van der Waals surface area contributed by atoms with E-state index in [1.54, 1.807) is 0 Å². The standard InChI is InChI=1S/C11H19N3O5/c15-11(18-10-2-1-7-12-10)13-8-3-5-9(6-4-8)19-14(16)17/h8-10,12H,1-7H2,(H,13,15). The topological polar surface area (TPSA) is 103 Å². The summed E-state index contributed by atoms with van der Waals surface area (Å²) in [6, 6.07) is 0.0144. The van der Waals surface area contributed by atoms with Crippen LogP contribution in [0, 0.1) is 10.1 Å². The van der Waals surface area contributed by atoms with Gasteiger partial charge in [-0.1, -0.05) is 0 Å². The Kier molecular flexibility index (Phi) is 4.78. The zero-order valence-corrected chi connectivity index (χ0v) is 10.7. The van der Waals surface area contributed by atoms with Gasteiger partial charge in [0.2, 0.25) is 0 Å². The second-order valence-corrected chi connectivity index (χ2v) is 4.94. The number of nitrogens with one attached hydrogen (secondary N) is 2. The smallest absolute Gasteiger partial charge is 0.408 e. The Morgan fingerprint density at radius 2 is 2.00 bits per heavy atom. The molecule has 0 spiro atoms. The largest absolute Gasteiger partial charge is 0.430 e. The van der Waals surface area contributed by atoms with Gasteiger partial charge in [-0.15, -0.1) is 10.1 Å². The fourth-order valence-electron chi connectivity index (χ4n) is 2.52. The van der Waals surface area contributed by atoms with Gasteiger partial charge in [0.25, 0.3) is 5.09 Å². The maximum absolute atomic E-state index is 11.6. The van der Waals surface area contributed by atoms with E-state index in [1.807, 2.05) is 0 Å². The molecule has 2 fully saturated rings. The molecule has 1 aliphatic carbocycles. The minimum atomic E-state index is -0.752. The molecule has 0 bridgehead atoms. The summed E-state index contributed by atoms with van der Waals surface area (Å²) in [5.74, 6) is 0. The van der Waals surface area contributed by atoms with Gasteiger partial charge < -0.3 is 14.9 Å². The molecule has 1 heterocycles. The van der Waals surface area contributed by atoms with Crippen molar-refractivity contribution in [2.75, 3.05) is 6.54 Å². The first-order valence-corrected chi connectivity index (χ1v) is 6.65. The summed E-state index contributed by atoms with van der Waals surface area (Å²) >= 11 is 0. The van der Waals surface area contributed by atoms with Crippen molar-refractivity contribution in [1.82, 2.24) is 10.6 Å². The minimum Gasteiger partial charge on any atom is -0.430 e. The molecule has 8 nitrogen and oxygen atoms in total. The first kappa shape index (κ1) is 13.9. The Bertz CT molecular complexity index is 324. The number of amides is 1. The number of carbonyl (C=O) groups is 1. The average molecular weight is 273 g/mol. The molecular formula is C11H19N3O5. The Labute approximate surface area is 110 Å². The van der Waals surface area contributed by atoms with Gasteiger partial charge in [-0.3, -0.25) is 5.32 Å². The predicted octanol–water partition coefficient (Wildman–Crippen LogP) is 0.942. The highest BCUT2D eigenvalue weighted by atomic mass is 17.0. The number of hydrogen-bond donors (Lipinski definition) is 2. The molecule has 19 heavy (non-hydrogen) atoms. The summed E-state index contributed by atoms with van der Waals surface area (Å²) in [6.45, 7) is 0.876. The number of carbonyl (C=O) groups excluding carboxylic acids is 1. The summed E-state index contributed by atoms with van der Waals surface area (Å²) in [6.07, 6.45) is 3.41. The van der Waals surface area contributed by atoms with Crippen molar-refractivity contribution in [2.45, 2.75) is 56.9 Å². The lowest BCUT2D eigenvalue weighted by atomic mass is 9.93. The molecule has 0 radical (unpaired) electrons. The van der Waals surface area contributed by atoms with Gasteiger partial charge in [0.1, 0.15) is 6.10 Å². The maximum Gasteiger partial charge on any atom is 0.408 e. The van der Waals surface area contributed by atoms with Crippen LogP contribution in [0.25, 0.3) is 0 Å². The second kappa shape index (κ2) is 6.55. The third-order valence-electron chi connectivity index (χ3n) is 3.50. The first-order valence-electron chi connectivity index (χ1n) is 6.65. The van der Waals surface area contributed by atoms with E-state index in [4.69, 9.17) is 4.74 Å². The lowest BCUT2D eigenvalue weighted by Crippen LogP contribution is -2.42. The zero-order valence-electron chi connectivity index (χ0n) is 10.7. The fourth-order valence-corrected chi connectivity index (χ4v) is 2.52. The SMILES string of the molecule is O=C(NC1CCC(O[N+](=O)[O-])CC1)OC1CCCN1. The monoisotopic (exact) mass is 273 g/mol. The van der Waals surface area contributed by atoms with Crippen LogP contribution in [0.5, 0.6) is 0 Å².